The van der Waals surface area contributed by atoms with Gasteiger partial charge in [0.1, 0.15) is 5.82 Å². The summed E-state index contributed by atoms with van der Waals surface area (Å²) in [6.45, 7) is 1.90. The molecule has 2 aromatic carbocycles. The van der Waals surface area contributed by atoms with Crippen LogP contribution in [0.25, 0.3) is 0 Å². The average Bonchev–Trinajstić information content (AvgIpc) is 2.75. The van der Waals surface area contributed by atoms with Gasteiger partial charge in [-0.3, -0.25) is 0 Å². The molecule has 4 nitrogen and oxygen atoms in total. The van der Waals surface area contributed by atoms with E-state index < -0.39 is 15.7 Å². The fourth-order valence-corrected chi connectivity index (χ4v) is 5.03. The molecule has 2 heterocycles. The maximum absolute atomic E-state index is 13.4. The van der Waals surface area contributed by atoms with Crippen molar-refractivity contribution in [3.05, 3.63) is 53.8 Å². The number of nitrogens with one attached hydrogen (secondary N) is 2. The molecule has 126 valence electrons. The Labute approximate surface area is 141 Å². The Morgan fingerprint density at radius 3 is 2.62 bits per heavy atom. The number of fused-ring (bicyclic) bond motifs is 3. The maximum Gasteiger partial charge on any atom is 0.206 e. The minimum atomic E-state index is -3.71. The Morgan fingerprint density at radius 1 is 1.00 bits per heavy atom. The lowest BCUT2D eigenvalue weighted by molar-refractivity contribution is 0.576. The van der Waals surface area contributed by atoms with Crippen LogP contribution in [0.5, 0.6) is 0 Å². The van der Waals surface area contributed by atoms with Crippen LogP contribution in [-0.2, 0) is 9.84 Å². The molecule has 1 fully saturated rings. The highest BCUT2D eigenvalue weighted by Crippen LogP contribution is 2.41. The standard InChI is InChI=1S/C18H19FN2O2S/c19-12-2-1-3-13(10-12)24(22,23)14-4-5-17-16(11-14)15-6-8-20-9-7-18(15)21-17/h1-5,10-11,15,18,20-21H,6-9H2/t15-,18?/m1/s1. The van der Waals surface area contributed by atoms with Crippen LogP contribution in [0.2, 0.25) is 0 Å². The first-order valence-corrected chi connectivity index (χ1v) is 9.66. The summed E-state index contributed by atoms with van der Waals surface area (Å²) < 4.78 is 39.0. The summed E-state index contributed by atoms with van der Waals surface area (Å²) in [6, 6.07) is 10.7. The van der Waals surface area contributed by atoms with E-state index in [1.165, 1.54) is 18.2 Å². The van der Waals surface area contributed by atoms with Crippen LogP contribution in [0, 0.1) is 5.82 Å². The molecule has 0 amide bonds. The monoisotopic (exact) mass is 346 g/mol. The Hall–Kier alpha value is -1.92. The van der Waals surface area contributed by atoms with E-state index in [0.29, 0.717) is 12.0 Å². The summed E-state index contributed by atoms with van der Waals surface area (Å²) in [5.74, 6) is -0.230. The van der Waals surface area contributed by atoms with Gasteiger partial charge in [0, 0.05) is 17.6 Å². The van der Waals surface area contributed by atoms with E-state index in [9.17, 15) is 12.8 Å². The molecule has 2 atom stereocenters. The Bertz CT molecular complexity index is 882. The lowest BCUT2D eigenvalue weighted by atomic mass is 9.91. The van der Waals surface area contributed by atoms with E-state index >= 15 is 0 Å². The maximum atomic E-state index is 13.4. The quantitative estimate of drug-likeness (QED) is 0.878. The summed E-state index contributed by atoms with van der Waals surface area (Å²) in [4.78, 5) is 0.221. The zero-order valence-corrected chi connectivity index (χ0v) is 13.9. The molecule has 2 aromatic rings. The normalized spacial score (nSPS) is 23.0. The van der Waals surface area contributed by atoms with Crippen molar-refractivity contribution in [3.8, 4) is 0 Å². The van der Waals surface area contributed by atoms with Gasteiger partial charge >= 0.3 is 0 Å². The molecule has 0 saturated carbocycles. The molecule has 6 heteroatoms. The van der Waals surface area contributed by atoms with E-state index in [1.54, 1.807) is 12.1 Å². The number of sulfone groups is 1. The zero-order chi connectivity index (χ0) is 16.7. The molecule has 2 N–H and O–H groups in total. The largest absolute Gasteiger partial charge is 0.381 e. The molecule has 2 aliphatic rings. The third-order valence-electron chi connectivity index (χ3n) is 4.93. The summed E-state index contributed by atoms with van der Waals surface area (Å²) in [5, 5.41) is 6.89. The van der Waals surface area contributed by atoms with Crippen molar-refractivity contribution >= 4 is 15.5 Å². The van der Waals surface area contributed by atoms with Gasteiger partial charge in [0.05, 0.1) is 9.79 Å². The second-order valence-corrected chi connectivity index (χ2v) is 8.34. The van der Waals surface area contributed by atoms with Crippen LogP contribution >= 0.6 is 0 Å². The van der Waals surface area contributed by atoms with E-state index in [4.69, 9.17) is 0 Å². The summed E-state index contributed by atoms with van der Waals surface area (Å²) in [7, 11) is -3.71. The van der Waals surface area contributed by atoms with Crippen molar-refractivity contribution in [2.24, 2.45) is 0 Å². The molecule has 0 spiro atoms. The van der Waals surface area contributed by atoms with Crippen molar-refractivity contribution in [1.82, 2.24) is 5.32 Å². The molecule has 0 bridgehead atoms. The first kappa shape index (κ1) is 15.6. The number of hydrogen-bond donors (Lipinski definition) is 2. The summed E-state index contributed by atoms with van der Waals surface area (Å²) in [6.07, 6.45) is 2.00. The average molecular weight is 346 g/mol. The molecule has 0 aromatic heterocycles. The predicted molar refractivity (Wildman–Crippen MR) is 90.5 cm³/mol. The van der Waals surface area contributed by atoms with Crippen LogP contribution < -0.4 is 10.6 Å². The first-order chi connectivity index (χ1) is 11.6. The lowest BCUT2D eigenvalue weighted by Gasteiger charge is -2.16. The zero-order valence-electron chi connectivity index (χ0n) is 13.1. The number of benzene rings is 2. The van der Waals surface area contributed by atoms with E-state index in [0.717, 1.165) is 43.2 Å². The molecule has 0 radical (unpaired) electrons. The van der Waals surface area contributed by atoms with Crippen molar-refractivity contribution < 1.29 is 12.8 Å². The molecule has 0 aliphatic carbocycles. The summed E-state index contributed by atoms with van der Waals surface area (Å²) in [5.41, 5.74) is 2.08. The van der Waals surface area contributed by atoms with Gasteiger partial charge in [-0.05, 0) is 67.9 Å². The van der Waals surface area contributed by atoms with E-state index in [-0.39, 0.29) is 9.79 Å². The van der Waals surface area contributed by atoms with Crippen LogP contribution in [0.3, 0.4) is 0 Å². The van der Waals surface area contributed by atoms with Gasteiger partial charge in [-0.1, -0.05) is 6.07 Å². The molecule has 2 aliphatic heterocycles. The van der Waals surface area contributed by atoms with Crippen LogP contribution in [0.1, 0.15) is 24.3 Å². The van der Waals surface area contributed by atoms with Crippen molar-refractivity contribution in [1.29, 1.82) is 0 Å². The topological polar surface area (TPSA) is 58.2 Å². The highest BCUT2D eigenvalue weighted by molar-refractivity contribution is 7.91. The third kappa shape index (κ3) is 2.59. The van der Waals surface area contributed by atoms with Gasteiger partial charge in [-0.15, -0.1) is 0 Å². The highest BCUT2D eigenvalue weighted by Gasteiger charge is 2.34. The van der Waals surface area contributed by atoms with Crippen LogP contribution in [0.15, 0.2) is 52.3 Å². The SMILES string of the molecule is O=S(=O)(c1cccc(F)c1)c1ccc2c(c1)[C@H]1CCNCCC1N2. The van der Waals surface area contributed by atoms with Gasteiger partial charge in [-0.25, -0.2) is 12.8 Å². The molecule has 1 unspecified atom stereocenters. The van der Waals surface area contributed by atoms with Gasteiger partial charge in [0.2, 0.25) is 9.84 Å². The molecule has 1 saturated heterocycles. The molecule has 4 rings (SSSR count). The number of anilines is 1. The van der Waals surface area contributed by atoms with Gasteiger partial charge in [-0.2, -0.15) is 0 Å². The summed E-state index contributed by atoms with van der Waals surface area (Å²) >= 11 is 0. The molecule has 24 heavy (non-hydrogen) atoms. The smallest absolute Gasteiger partial charge is 0.206 e. The van der Waals surface area contributed by atoms with Crippen molar-refractivity contribution in [3.63, 3.8) is 0 Å². The number of rotatable bonds is 2. The Balaban J connectivity index is 1.75. The molecular formula is C18H19FN2O2S. The fourth-order valence-electron chi connectivity index (χ4n) is 3.70. The van der Waals surface area contributed by atoms with Gasteiger partial charge < -0.3 is 10.6 Å². The third-order valence-corrected chi connectivity index (χ3v) is 6.68. The Morgan fingerprint density at radius 2 is 1.79 bits per heavy atom. The lowest BCUT2D eigenvalue weighted by Crippen LogP contribution is -2.21. The van der Waals surface area contributed by atoms with Crippen molar-refractivity contribution in [2.75, 3.05) is 18.4 Å². The van der Waals surface area contributed by atoms with E-state index in [1.807, 2.05) is 6.07 Å². The van der Waals surface area contributed by atoms with Gasteiger partial charge in [0.25, 0.3) is 0 Å². The second-order valence-electron chi connectivity index (χ2n) is 6.39. The predicted octanol–water partition coefficient (Wildman–Crippen LogP) is 2.92. The Kier molecular flexibility index (Phi) is 3.81. The highest BCUT2D eigenvalue weighted by atomic mass is 32.2. The van der Waals surface area contributed by atoms with Crippen molar-refractivity contribution in [2.45, 2.75) is 34.6 Å². The fraction of sp³-hybridized carbons (Fsp3) is 0.333. The van der Waals surface area contributed by atoms with Crippen LogP contribution in [0.4, 0.5) is 10.1 Å². The minimum absolute atomic E-state index is 0.00695. The van der Waals surface area contributed by atoms with Gasteiger partial charge in [0.15, 0.2) is 0 Å². The number of halogens is 1. The van der Waals surface area contributed by atoms with E-state index in [2.05, 4.69) is 10.6 Å². The van der Waals surface area contributed by atoms with Crippen LogP contribution in [-0.4, -0.2) is 27.5 Å². The molecular weight excluding hydrogens is 327 g/mol. The number of hydrogen-bond acceptors (Lipinski definition) is 4. The minimum Gasteiger partial charge on any atom is -0.381 e. The first-order valence-electron chi connectivity index (χ1n) is 8.17. The second kappa shape index (κ2) is 5.86.